The predicted octanol–water partition coefficient (Wildman–Crippen LogP) is 1.74. The monoisotopic (exact) mass is 285 g/mol. The maximum Gasteiger partial charge on any atom is 0.315 e. The van der Waals surface area contributed by atoms with Crippen LogP contribution in [-0.4, -0.2) is 30.0 Å². The molecule has 6 heteroatoms. The Bertz CT molecular complexity index is 440. The number of amides is 1. The van der Waals surface area contributed by atoms with Crippen molar-refractivity contribution in [2.45, 2.75) is 13.5 Å². The smallest absolute Gasteiger partial charge is 0.315 e. The number of thioether (sulfide) groups is 1. The van der Waals surface area contributed by atoms with Gasteiger partial charge in [0, 0.05) is 12.1 Å². The highest BCUT2D eigenvalue weighted by molar-refractivity contribution is 8.00. The SMILES string of the molecule is CCOC(=O)CSCC(=O)NCc1ccccc1F. The molecule has 0 aliphatic heterocycles. The molecule has 1 rings (SSSR count). The summed E-state index contributed by atoms with van der Waals surface area (Å²) < 4.78 is 18.0. The number of rotatable bonds is 7. The molecule has 0 spiro atoms. The van der Waals surface area contributed by atoms with Gasteiger partial charge in [0.05, 0.1) is 18.1 Å². The quantitative estimate of drug-likeness (QED) is 0.775. The Balaban J connectivity index is 2.22. The summed E-state index contributed by atoms with van der Waals surface area (Å²) in [5, 5.41) is 2.59. The van der Waals surface area contributed by atoms with Gasteiger partial charge in [-0.2, -0.15) is 0 Å². The minimum atomic E-state index is -0.345. The third kappa shape index (κ3) is 6.24. The summed E-state index contributed by atoms with van der Waals surface area (Å²) in [7, 11) is 0. The second-order valence-corrected chi connectivity index (χ2v) is 4.65. The van der Waals surface area contributed by atoms with E-state index < -0.39 is 0 Å². The van der Waals surface area contributed by atoms with Crippen molar-refractivity contribution >= 4 is 23.6 Å². The van der Waals surface area contributed by atoms with Crippen LogP contribution in [0, 0.1) is 5.82 Å². The van der Waals surface area contributed by atoms with Gasteiger partial charge in [-0.15, -0.1) is 11.8 Å². The number of hydrogen-bond donors (Lipinski definition) is 1. The lowest BCUT2D eigenvalue weighted by Crippen LogP contribution is -2.25. The Kier molecular flexibility index (Phi) is 6.95. The molecule has 0 bridgehead atoms. The van der Waals surface area contributed by atoms with Crippen LogP contribution in [0.3, 0.4) is 0 Å². The van der Waals surface area contributed by atoms with Crippen LogP contribution < -0.4 is 5.32 Å². The number of ether oxygens (including phenoxy) is 1. The number of nitrogens with one attached hydrogen (secondary N) is 1. The van der Waals surface area contributed by atoms with E-state index in [0.29, 0.717) is 12.2 Å². The Morgan fingerprint density at radius 3 is 2.74 bits per heavy atom. The highest BCUT2D eigenvalue weighted by Gasteiger charge is 2.07. The van der Waals surface area contributed by atoms with Gasteiger partial charge in [0.25, 0.3) is 0 Å². The minimum Gasteiger partial charge on any atom is -0.465 e. The van der Waals surface area contributed by atoms with Gasteiger partial charge in [-0.25, -0.2) is 4.39 Å². The van der Waals surface area contributed by atoms with E-state index in [-0.39, 0.29) is 35.7 Å². The molecule has 0 aromatic heterocycles. The Hall–Kier alpha value is -1.56. The number of carbonyl (C=O) groups excluding carboxylic acids is 2. The first-order chi connectivity index (χ1) is 9.13. The number of esters is 1. The van der Waals surface area contributed by atoms with Crippen LogP contribution in [0.25, 0.3) is 0 Å². The molecule has 0 saturated heterocycles. The molecule has 0 aliphatic carbocycles. The van der Waals surface area contributed by atoms with Crippen molar-refractivity contribution in [3.8, 4) is 0 Å². The van der Waals surface area contributed by atoms with Crippen LogP contribution in [0.15, 0.2) is 24.3 Å². The van der Waals surface area contributed by atoms with E-state index >= 15 is 0 Å². The third-order valence-electron chi connectivity index (χ3n) is 2.19. The second-order valence-electron chi connectivity index (χ2n) is 3.67. The molecule has 0 unspecified atom stereocenters. The van der Waals surface area contributed by atoms with Crippen molar-refractivity contribution < 1.29 is 18.7 Å². The van der Waals surface area contributed by atoms with Crippen LogP contribution >= 0.6 is 11.8 Å². The van der Waals surface area contributed by atoms with E-state index in [4.69, 9.17) is 4.74 Å². The molecule has 4 nitrogen and oxygen atoms in total. The van der Waals surface area contributed by atoms with E-state index in [2.05, 4.69) is 5.32 Å². The predicted molar refractivity (Wildman–Crippen MR) is 72.2 cm³/mol. The molecule has 0 radical (unpaired) electrons. The van der Waals surface area contributed by atoms with Crippen molar-refractivity contribution in [1.82, 2.24) is 5.32 Å². The first-order valence-electron chi connectivity index (χ1n) is 5.87. The van der Waals surface area contributed by atoms with E-state index in [0.717, 1.165) is 0 Å². The first kappa shape index (κ1) is 15.5. The average Bonchev–Trinajstić information content (AvgIpc) is 2.38. The summed E-state index contributed by atoms with van der Waals surface area (Å²) in [6, 6.07) is 6.26. The van der Waals surface area contributed by atoms with E-state index in [1.807, 2.05) is 0 Å². The number of halogens is 1. The standard InChI is InChI=1S/C13H16FNO3S/c1-2-18-13(17)9-19-8-12(16)15-7-10-5-3-4-6-11(10)14/h3-6H,2,7-9H2,1H3,(H,15,16). The summed E-state index contributed by atoms with van der Waals surface area (Å²) in [6.45, 7) is 2.20. The highest BCUT2D eigenvalue weighted by Crippen LogP contribution is 2.06. The van der Waals surface area contributed by atoms with Gasteiger partial charge < -0.3 is 10.1 Å². The van der Waals surface area contributed by atoms with Crippen LogP contribution in [0.2, 0.25) is 0 Å². The van der Waals surface area contributed by atoms with Crippen molar-refractivity contribution in [3.63, 3.8) is 0 Å². The number of benzene rings is 1. The molecule has 19 heavy (non-hydrogen) atoms. The molecule has 1 amide bonds. The number of hydrogen-bond acceptors (Lipinski definition) is 4. The van der Waals surface area contributed by atoms with Gasteiger partial charge in [0.1, 0.15) is 5.82 Å². The summed E-state index contributed by atoms with van der Waals surface area (Å²) in [5.74, 6) is -0.636. The third-order valence-corrected chi connectivity index (χ3v) is 3.10. The van der Waals surface area contributed by atoms with Gasteiger partial charge in [0.15, 0.2) is 0 Å². The average molecular weight is 285 g/mol. The molecule has 1 aromatic carbocycles. The molecule has 1 aromatic rings. The summed E-state index contributed by atoms with van der Waals surface area (Å²) in [6.07, 6.45) is 0. The first-order valence-corrected chi connectivity index (χ1v) is 7.02. The summed E-state index contributed by atoms with van der Waals surface area (Å²) in [4.78, 5) is 22.5. The van der Waals surface area contributed by atoms with Crippen molar-refractivity contribution in [3.05, 3.63) is 35.6 Å². The topological polar surface area (TPSA) is 55.4 Å². The molecule has 104 valence electrons. The van der Waals surface area contributed by atoms with Crippen LogP contribution in [0.5, 0.6) is 0 Å². The van der Waals surface area contributed by atoms with Crippen molar-refractivity contribution in [2.24, 2.45) is 0 Å². The maximum absolute atomic E-state index is 13.3. The maximum atomic E-state index is 13.3. The second kappa shape index (κ2) is 8.53. The Morgan fingerprint density at radius 2 is 2.05 bits per heavy atom. The van der Waals surface area contributed by atoms with E-state index in [1.165, 1.54) is 17.8 Å². The van der Waals surface area contributed by atoms with Crippen LogP contribution in [0.4, 0.5) is 4.39 Å². The Labute approximate surface area is 115 Å². The molecular formula is C13H16FNO3S. The van der Waals surface area contributed by atoms with Crippen LogP contribution in [-0.2, 0) is 20.9 Å². The number of carbonyl (C=O) groups is 2. The molecule has 0 heterocycles. The minimum absolute atomic E-state index is 0.140. The van der Waals surface area contributed by atoms with E-state index in [1.54, 1.807) is 25.1 Å². The molecule has 0 saturated carbocycles. The van der Waals surface area contributed by atoms with Gasteiger partial charge in [-0.05, 0) is 13.0 Å². The zero-order chi connectivity index (χ0) is 14.1. The molecule has 0 aliphatic rings. The molecule has 1 N–H and O–H groups in total. The van der Waals surface area contributed by atoms with Gasteiger partial charge in [0.2, 0.25) is 5.91 Å². The zero-order valence-electron chi connectivity index (χ0n) is 10.6. The largest absolute Gasteiger partial charge is 0.465 e. The van der Waals surface area contributed by atoms with Crippen molar-refractivity contribution in [1.29, 1.82) is 0 Å². The zero-order valence-corrected chi connectivity index (χ0v) is 11.5. The fraction of sp³-hybridized carbons (Fsp3) is 0.385. The fourth-order valence-electron chi connectivity index (χ4n) is 1.32. The normalized spacial score (nSPS) is 10.0. The fourth-order valence-corrected chi connectivity index (χ4v) is 1.96. The van der Waals surface area contributed by atoms with Gasteiger partial charge in [-0.3, -0.25) is 9.59 Å². The summed E-state index contributed by atoms with van der Waals surface area (Å²) >= 11 is 1.17. The van der Waals surface area contributed by atoms with Gasteiger partial charge >= 0.3 is 5.97 Å². The molecule has 0 atom stereocenters. The molecular weight excluding hydrogens is 269 g/mol. The summed E-state index contributed by atoms with van der Waals surface area (Å²) in [5.41, 5.74) is 0.436. The van der Waals surface area contributed by atoms with Crippen LogP contribution in [0.1, 0.15) is 12.5 Å². The van der Waals surface area contributed by atoms with Crippen molar-refractivity contribution in [2.75, 3.05) is 18.1 Å². The van der Waals surface area contributed by atoms with E-state index in [9.17, 15) is 14.0 Å². The lowest BCUT2D eigenvalue weighted by Gasteiger charge is -2.06. The Morgan fingerprint density at radius 1 is 1.32 bits per heavy atom. The highest BCUT2D eigenvalue weighted by atomic mass is 32.2. The lowest BCUT2D eigenvalue weighted by atomic mass is 10.2. The molecule has 0 fully saturated rings. The van der Waals surface area contributed by atoms with Gasteiger partial charge in [-0.1, -0.05) is 18.2 Å². The lowest BCUT2D eigenvalue weighted by molar-refractivity contribution is -0.139.